The molecule has 0 aliphatic heterocycles. The van der Waals surface area contributed by atoms with Gasteiger partial charge in [0.1, 0.15) is 0 Å². The standard InChI is InChI=1S/C15H17FN2O/c1-18(12-5-3-4-11(8-12)10-17)13-6-7-15(19-2)14(16)9-13/h3-9H,10,17H2,1-2H3. The molecule has 0 saturated carbocycles. The van der Waals surface area contributed by atoms with Crippen molar-refractivity contribution in [2.75, 3.05) is 19.1 Å². The van der Waals surface area contributed by atoms with Gasteiger partial charge in [-0.3, -0.25) is 0 Å². The molecule has 0 aliphatic carbocycles. The highest BCUT2D eigenvalue weighted by molar-refractivity contribution is 5.63. The normalized spacial score (nSPS) is 10.3. The SMILES string of the molecule is COc1ccc(N(C)c2cccc(CN)c2)cc1F. The molecule has 2 rings (SSSR count). The van der Waals surface area contributed by atoms with E-state index in [1.807, 2.05) is 42.3 Å². The molecule has 0 radical (unpaired) electrons. The lowest BCUT2D eigenvalue weighted by Gasteiger charge is -2.20. The lowest BCUT2D eigenvalue weighted by atomic mass is 10.1. The van der Waals surface area contributed by atoms with E-state index in [0.29, 0.717) is 6.54 Å². The molecule has 0 heterocycles. The number of benzene rings is 2. The topological polar surface area (TPSA) is 38.5 Å². The minimum absolute atomic E-state index is 0.243. The van der Waals surface area contributed by atoms with Crippen LogP contribution in [0.4, 0.5) is 15.8 Å². The average molecular weight is 260 g/mol. The maximum atomic E-state index is 13.7. The third kappa shape index (κ3) is 2.85. The predicted octanol–water partition coefficient (Wildman–Crippen LogP) is 3.06. The Morgan fingerprint density at radius 3 is 2.53 bits per heavy atom. The van der Waals surface area contributed by atoms with E-state index in [-0.39, 0.29) is 11.6 Å². The first kappa shape index (κ1) is 13.4. The molecule has 4 heteroatoms. The molecule has 0 unspecified atom stereocenters. The van der Waals surface area contributed by atoms with E-state index in [4.69, 9.17) is 10.5 Å². The molecule has 0 spiro atoms. The number of rotatable bonds is 4. The number of nitrogens with two attached hydrogens (primary N) is 1. The van der Waals surface area contributed by atoms with Crippen molar-refractivity contribution in [3.05, 3.63) is 53.8 Å². The molecule has 0 amide bonds. The van der Waals surface area contributed by atoms with Gasteiger partial charge < -0.3 is 15.4 Å². The van der Waals surface area contributed by atoms with Crippen LogP contribution in [0, 0.1) is 5.82 Å². The predicted molar refractivity (Wildman–Crippen MR) is 75.3 cm³/mol. The Labute approximate surface area is 112 Å². The number of anilines is 2. The summed E-state index contributed by atoms with van der Waals surface area (Å²) in [6.07, 6.45) is 0. The quantitative estimate of drug-likeness (QED) is 0.918. The molecular formula is C15H17FN2O. The fourth-order valence-electron chi connectivity index (χ4n) is 1.91. The maximum absolute atomic E-state index is 13.7. The van der Waals surface area contributed by atoms with Gasteiger partial charge in [-0.2, -0.15) is 0 Å². The van der Waals surface area contributed by atoms with Gasteiger partial charge in [-0.05, 0) is 29.8 Å². The minimum atomic E-state index is -0.373. The molecule has 2 aromatic rings. The van der Waals surface area contributed by atoms with Crippen LogP contribution in [-0.2, 0) is 6.54 Å². The van der Waals surface area contributed by atoms with Crippen molar-refractivity contribution in [2.24, 2.45) is 5.73 Å². The van der Waals surface area contributed by atoms with Crippen molar-refractivity contribution in [3.63, 3.8) is 0 Å². The zero-order chi connectivity index (χ0) is 13.8. The van der Waals surface area contributed by atoms with Gasteiger partial charge in [0.25, 0.3) is 0 Å². The molecule has 0 atom stereocenters. The van der Waals surface area contributed by atoms with Crippen LogP contribution in [0.5, 0.6) is 5.75 Å². The van der Waals surface area contributed by atoms with Gasteiger partial charge in [0, 0.05) is 31.0 Å². The van der Waals surface area contributed by atoms with Crippen molar-refractivity contribution in [1.29, 1.82) is 0 Å². The number of halogens is 1. The molecule has 100 valence electrons. The van der Waals surface area contributed by atoms with Crippen molar-refractivity contribution in [2.45, 2.75) is 6.54 Å². The third-order valence-electron chi connectivity index (χ3n) is 3.06. The summed E-state index contributed by atoms with van der Waals surface area (Å²) >= 11 is 0. The Morgan fingerprint density at radius 1 is 1.16 bits per heavy atom. The molecule has 0 aromatic heterocycles. The lowest BCUT2D eigenvalue weighted by molar-refractivity contribution is 0.386. The Balaban J connectivity index is 2.32. The second kappa shape index (κ2) is 5.71. The van der Waals surface area contributed by atoms with Crippen LogP contribution in [0.25, 0.3) is 0 Å². The average Bonchev–Trinajstić information content (AvgIpc) is 2.46. The van der Waals surface area contributed by atoms with E-state index in [2.05, 4.69) is 0 Å². The highest BCUT2D eigenvalue weighted by Crippen LogP contribution is 2.28. The van der Waals surface area contributed by atoms with Gasteiger partial charge in [0.15, 0.2) is 11.6 Å². The number of nitrogens with zero attached hydrogens (tertiary/aromatic N) is 1. The maximum Gasteiger partial charge on any atom is 0.167 e. The Bertz CT molecular complexity index is 572. The molecule has 3 nitrogen and oxygen atoms in total. The first-order chi connectivity index (χ1) is 9.15. The molecule has 0 fully saturated rings. The van der Waals surface area contributed by atoms with Gasteiger partial charge in [0.2, 0.25) is 0 Å². The second-order valence-electron chi connectivity index (χ2n) is 4.25. The monoisotopic (exact) mass is 260 g/mol. The minimum Gasteiger partial charge on any atom is -0.494 e. The molecule has 2 N–H and O–H groups in total. The van der Waals surface area contributed by atoms with Gasteiger partial charge in [0.05, 0.1) is 7.11 Å². The smallest absolute Gasteiger partial charge is 0.167 e. The van der Waals surface area contributed by atoms with Crippen molar-refractivity contribution < 1.29 is 9.13 Å². The first-order valence-electron chi connectivity index (χ1n) is 6.02. The third-order valence-corrected chi connectivity index (χ3v) is 3.06. The van der Waals surface area contributed by atoms with Crippen LogP contribution in [0.2, 0.25) is 0 Å². The van der Waals surface area contributed by atoms with Crippen LogP contribution in [0.15, 0.2) is 42.5 Å². The van der Waals surface area contributed by atoms with Gasteiger partial charge in [-0.15, -0.1) is 0 Å². The van der Waals surface area contributed by atoms with Crippen LogP contribution < -0.4 is 15.4 Å². The largest absolute Gasteiger partial charge is 0.494 e. The van der Waals surface area contributed by atoms with E-state index < -0.39 is 0 Å². The zero-order valence-corrected chi connectivity index (χ0v) is 11.1. The highest BCUT2D eigenvalue weighted by Gasteiger charge is 2.08. The molecule has 0 saturated heterocycles. The molecular weight excluding hydrogens is 243 g/mol. The van der Waals surface area contributed by atoms with E-state index in [9.17, 15) is 4.39 Å². The van der Waals surface area contributed by atoms with Crippen molar-refractivity contribution in [1.82, 2.24) is 0 Å². The number of ether oxygens (including phenoxy) is 1. The van der Waals surface area contributed by atoms with E-state index in [0.717, 1.165) is 16.9 Å². The molecule has 2 aromatic carbocycles. The summed E-state index contributed by atoms with van der Waals surface area (Å²) < 4.78 is 18.6. The number of methoxy groups -OCH3 is 1. The summed E-state index contributed by atoms with van der Waals surface area (Å²) in [7, 11) is 3.34. The van der Waals surface area contributed by atoms with Crippen LogP contribution in [-0.4, -0.2) is 14.2 Å². The first-order valence-corrected chi connectivity index (χ1v) is 6.02. The fourth-order valence-corrected chi connectivity index (χ4v) is 1.91. The van der Waals surface area contributed by atoms with Crippen LogP contribution in [0.3, 0.4) is 0 Å². The summed E-state index contributed by atoms with van der Waals surface area (Å²) in [4.78, 5) is 1.90. The Kier molecular flexibility index (Phi) is 4.02. The number of hydrogen-bond acceptors (Lipinski definition) is 3. The second-order valence-corrected chi connectivity index (χ2v) is 4.25. The Morgan fingerprint density at radius 2 is 1.89 bits per heavy atom. The van der Waals surface area contributed by atoms with E-state index >= 15 is 0 Å². The fraction of sp³-hybridized carbons (Fsp3) is 0.200. The van der Waals surface area contributed by atoms with E-state index in [1.165, 1.54) is 13.2 Å². The Hall–Kier alpha value is -2.07. The summed E-state index contributed by atoms with van der Waals surface area (Å²) in [6, 6.07) is 12.7. The summed E-state index contributed by atoms with van der Waals surface area (Å²) in [5, 5.41) is 0. The van der Waals surface area contributed by atoms with Gasteiger partial charge in [-0.1, -0.05) is 12.1 Å². The van der Waals surface area contributed by atoms with Crippen molar-refractivity contribution in [3.8, 4) is 5.75 Å². The summed E-state index contributed by atoms with van der Waals surface area (Å²) in [5.41, 5.74) is 8.39. The molecule has 0 aliphatic rings. The highest BCUT2D eigenvalue weighted by atomic mass is 19.1. The van der Waals surface area contributed by atoms with Crippen LogP contribution in [0.1, 0.15) is 5.56 Å². The molecule has 0 bridgehead atoms. The summed E-state index contributed by atoms with van der Waals surface area (Å²) in [6.45, 7) is 0.485. The zero-order valence-electron chi connectivity index (χ0n) is 11.1. The molecule has 19 heavy (non-hydrogen) atoms. The van der Waals surface area contributed by atoms with Crippen molar-refractivity contribution >= 4 is 11.4 Å². The van der Waals surface area contributed by atoms with Gasteiger partial charge >= 0.3 is 0 Å². The van der Waals surface area contributed by atoms with Gasteiger partial charge in [-0.25, -0.2) is 4.39 Å². The lowest BCUT2D eigenvalue weighted by Crippen LogP contribution is -2.10. The van der Waals surface area contributed by atoms with Crippen LogP contribution >= 0.6 is 0 Å². The summed E-state index contributed by atoms with van der Waals surface area (Å²) in [5.74, 6) is -0.130. The number of hydrogen-bond donors (Lipinski definition) is 1. The van der Waals surface area contributed by atoms with E-state index in [1.54, 1.807) is 6.07 Å².